The fourth-order valence-electron chi connectivity index (χ4n) is 2.47. The third-order valence-electron chi connectivity index (χ3n) is 3.67. The Labute approximate surface area is 139 Å². The van der Waals surface area contributed by atoms with E-state index in [9.17, 15) is 9.59 Å². The number of fused-ring (bicyclic) bond motifs is 1. The first kappa shape index (κ1) is 15.7. The highest BCUT2D eigenvalue weighted by molar-refractivity contribution is 6.01. The van der Waals surface area contributed by atoms with Gasteiger partial charge in [-0.25, -0.2) is 0 Å². The number of amides is 2. The van der Waals surface area contributed by atoms with Crippen LogP contribution in [0.4, 0.5) is 5.69 Å². The Hall–Kier alpha value is -3.21. The van der Waals surface area contributed by atoms with E-state index in [1.165, 1.54) is 4.90 Å². The van der Waals surface area contributed by atoms with Crippen LogP contribution in [0, 0.1) is 0 Å². The topological polar surface area (TPSA) is 62.3 Å². The third kappa shape index (κ3) is 3.57. The van der Waals surface area contributed by atoms with Gasteiger partial charge in [-0.3, -0.25) is 14.6 Å². The normalized spacial score (nSPS) is 10.4. The monoisotopic (exact) mass is 319 g/mol. The molecule has 2 aromatic carbocycles. The molecule has 3 aromatic rings. The average molecular weight is 319 g/mol. The van der Waals surface area contributed by atoms with Crippen molar-refractivity contribution in [1.29, 1.82) is 0 Å². The molecule has 2 amide bonds. The lowest BCUT2D eigenvalue weighted by atomic mass is 10.1. The van der Waals surface area contributed by atoms with Gasteiger partial charge in [-0.1, -0.05) is 30.3 Å². The summed E-state index contributed by atoms with van der Waals surface area (Å²) in [5.74, 6) is -0.457. The number of aromatic nitrogens is 1. The first-order chi connectivity index (χ1) is 11.6. The molecule has 0 atom stereocenters. The molecule has 1 N–H and O–H groups in total. The minimum absolute atomic E-state index is 0.0272. The van der Waals surface area contributed by atoms with Crippen LogP contribution in [0.15, 0.2) is 67.0 Å². The molecule has 24 heavy (non-hydrogen) atoms. The zero-order chi connectivity index (χ0) is 16.9. The van der Waals surface area contributed by atoms with Crippen molar-refractivity contribution in [3.8, 4) is 0 Å². The van der Waals surface area contributed by atoms with Gasteiger partial charge in [0.05, 0.1) is 18.4 Å². The van der Waals surface area contributed by atoms with E-state index in [-0.39, 0.29) is 18.4 Å². The molecule has 3 rings (SSSR count). The van der Waals surface area contributed by atoms with Crippen molar-refractivity contribution in [2.45, 2.75) is 0 Å². The molecule has 1 aromatic heterocycles. The molecule has 0 bridgehead atoms. The molecule has 0 aliphatic carbocycles. The van der Waals surface area contributed by atoms with Crippen LogP contribution in [0.5, 0.6) is 0 Å². The molecule has 0 saturated carbocycles. The molecule has 0 unspecified atom stereocenters. The van der Waals surface area contributed by atoms with Crippen LogP contribution in [0.1, 0.15) is 10.4 Å². The lowest BCUT2D eigenvalue weighted by Crippen LogP contribution is -2.34. The molecule has 0 aliphatic heterocycles. The maximum absolute atomic E-state index is 12.5. The van der Waals surface area contributed by atoms with E-state index in [1.807, 2.05) is 36.4 Å². The molecule has 0 fully saturated rings. The van der Waals surface area contributed by atoms with Crippen LogP contribution in [-0.2, 0) is 4.79 Å². The standard InChI is InChI=1S/C19H17N3O2/c1-22(13-18(23)21-17-7-4-10-20-12-17)19(24)16-9-8-14-5-2-3-6-15(14)11-16/h2-12H,13H2,1H3,(H,21,23). The van der Waals surface area contributed by atoms with Gasteiger partial charge in [0.15, 0.2) is 0 Å². The lowest BCUT2D eigenvalue weighted by Gasteiger charge is -2.17. The highest BCUT2D eigenvalue weighted by atomic mass is 16.2. The van der Waals surface area contributed by atoms with Gasteiger partial charge in [0.25, 0.3) is 5.91 Å². The van der Waals surface area contributed by atoms with Crippen molar-refractivity contribution in [3.63, 3.8) is 0 Å². The number of carbonyl (C=O) groups is 2. The third-order valence-corrected chi connectivity index (χ3v) is 3.67. The molecular formula is C19H17N3O2. The molecule has 120 valence electrons. The van der Waals surface area contributed by atoms with E-state index in [4.69, 9.17) is 0 Å². The number of benzene rings is 2. The highest BCUT2D eigenvalue weighted by Gasteiger charge is 2.15. The SMILES string of the molecule is CN(CC(=O)Nc1cccnc1)C(=O)c1ccc2ccccc2c1. The van der Waals surface area contributed by atoms with Gasteiger partial charge in [-0.05, 0) is 35.0 Å². The molecule has 0 saturated heterocycles. The number of nitrogens with zero attached hydrogens (tertiary/aromatic N) is 2. The Kier molecular flexibility index (Phi) is 4.52. The minimum Gasteiger partial charge on any atom is -0.332 e. The van der Waals surface area contributed by atoms with Crippen molar-refractivity contribution in [2.24, 2.45) is 0 Å². The zero-order valence-corrected chi connectivity index (χ0v) is 13.3. The molecular weight excluding hydrogens is 302 g/mol. The van der Waals surface area contributed by atoms with Gasteiger partial charge in [0, 0.05) is 18.8 Å². The van der Waals surface area contributed by atoms with Gasteiger partial charge in [-0.2, -0.15) is 0 Å². The maximum atomic E-state index is 12.5. The van der Waals surface area contributed by atoms with E-state index in [2.05, 4.69) is 10.3 Å². The summed E-state index contributed by atoms with van der Waals surface area (Å²) < 4.78 is 0. The quantitative estimate of drug-likeness (QED) is 0.804. The van der Waals surface area contributed by atoms with E-state index in [1.54, 1.807) is 37.6 Å². The fraction of sp³-hybridized carbons (Fsp3) is 0.105. The number of pyridine rings is 1. The second kappa shape index (κ2) is 6.91. The van der Waals surface area contributed by atoms with Gasteiger partial charge in [0.1, 0.15) is 0 Å². The van der Waals surface area contributed by atoms with Crippen molar-refractivity contribution < 1.29 is 9.59 Å². The average Bonchev–Trinajstić information content (AvgIpc) is 2.61. The van der Waals surface area contributed by atoms with Gasteiger partial charge in [0.2, 0.25) is 5.91 Å². The summed E-state index contributed by atoms with van der Waals surface area (Å²) in [7, 11) is 1.61. The number of rotatable bonds is 4. The van der Waals surface area contributed by atoms with Crippen LogP contribution in [0.25, 0.3) is 10.8 Å². The number of nitrogens with one attached hydrogen (secondary N) is 1. The predicted molar refractivity (Wildman–Crippen MR) is 93.8 cm³/mol. The first-order valence-corrected chi connectivity index (χ1v) is 7.57. The molecule has 0 aliphatic rings. The van der Waals surface area contributed by atoms with E-state index in [0.717, 1.165) is 10.8 Å². The maximum Gasteiger partial charge on any atom is 0.254 e. The summed E-state index contributed by atoms with van der Waals surface area (Å²) in [6.45, 7) is -0.0272. The Bertz CT molecular complexity index is 878. The Morgan fingerprint density at radius 2 is 1.83 bits per heavy atom. The predicted octanol–water partition coefficient (Wildman–Crippen LogP) is 2.95. The van der Waals surface area contributed by atoms with Crippen molar-refractivity contribution in [3.05, 3.63) is 72.6 Å². The van der Waals surface area contributed by atoms with Crippen LogP contribution in [0.3, 0.4) is 0 Å². The van der Waals surface area contributed by atoms with E-state index < -0.39 is 0 Å². The molecule has 5 nitrogen and oxygen atoms in total. The highest BCUT2D eigenvalue weighted by Crippen LogP contribution is 2.16. The minimum atomic E-state index is -0.264. The smallest absolute Gasteiger partial charge is 0.254 e. The van der Waals surface area contributed by atoms with Crippen LogP contribution < -0.4 is 5.32 Å². The van der Waals surface area contributed by atoms with Crippen molar-refractivity contribution >= 4 is 28.3 Å². The summed E-state index contributed by atoms with van der Waals surface area (Å²) in [5, 5.41) is 4.79. The largest absolute Gasteiger partial charge is 0.332 e. The van der Waals surface area contributed by atoms with Crippen LogP contribution in [-0.4, -0.2) is 35.3 Å². The Morgan fingerprint density at radius 1 is 1.04 bits per heavy atom. The fourth-order valence-corrected chi connectivity index (χ4v) is 2.47. The van der Waals surface area contributed by atoms with Crippen molar-refractivity contribution in [1.82, 2.24) is 9.88 Å². The van der Waals surface area contributed by atoms with E-state index >= 15 is 0 Å². The van der Waals surface area contributed by atoms with E-state index in [0.29, 0.717) is 11.3 Å². The van der Waals surface area contributed by atoms with Crippen molar-refractivity contribution in [2.75, 3.05) is 18.9 Å². The van der Waals surface area contributed by atoms with Crippen LogP contribution >= 0.6 is 0 Å². The number of anilines is 1. The molecule has 0 spiro atoms. The molecule has 5 heteroatoms. The number of hydrogen-bond donors (Lipinski definition) is 1. The summed E-state index contributed by atoms with van der Waals surface area (Å²) >= 11 is 0. The Morgan fingerprint density at radius 3 is 2.58 bits per heavy atom. The second-order valence-electron chi connectivity index (χ2n) is 5.51. The zero-order valence-electron chi connectivity index (χ0n) is 13.3. The summed E-state index contributed by atoms with van der Waals surface area (Å²) in [4.78, 5) is 29.9. The lowest BCUT2D eigenvalue weighted by molar-refractivity contribution is -0.116. The summed E-state index contributed by atoms with van der Waals surface area (Å²) in [6, 6.07) is 16.9. The Balaban J connectivity index is 1.68. The number of likely N-dealkylation sites (N-methyl/N-ethyl adjacent to an activating group) is 1. The molecule has 0 radical (unpaired) electrons. The first-order valence-electron chi connectivity index (χ1n) is 7.57. The number of carbonyl (C=O) groups excluding carboxylic acids is 2. The summed E-state index contributed by atoms with van der Waals surface area (Å²) in [5.41, 5.74) is 1.17. The summed E-state index contributed by atoms with van der Waals surface area (Å²) in [6.07, 6.45) is 3.19. The second-order valence-corrected chi connectivity index (χ2v) is 5.51. The molecule has 1 heterocycles. The van der Waals surface area contributed by atoms with Gasteiger partial charge in [-0.15, -0.1) is 0 Å². The van der Waals surface area contributed by atoms with Gasteiger partial charge >= 0.3 is 0 Å². The van der Waals surface area contributed by atoms with Crippen LogP contribution in [0.2, 0.25) is 0 Å². The number of hydrogen-bond acceptors (Lipinski definition) is 3. The van der Waals surface area contributed by atoms with Gasteiger partial charge < -0.3 is 10.2 Å².